The largest absolute Gasteiger partial charge is 0.0654 e. The van der Waals surface area contributed by atoms with Crippen molar-refractivity contribution in [3.8, 4) is 0 Å². The minimum absolute atomic E-state index is 0.979. The first-order valence-electron chi connectivity index (χ1n) is 12.9. The van der Waals surface area contributed by atoms with Gasteiger partial charge < -0.3 is 0 Å². The molecule has 3 aliphatic rings. The molecule has 0 radical (unpaired) electrons. The second-order valence-corrected chi connectivity index (χ2v) is 10.6. The van der Waals surface area contributed by atoms with Crippen LogP contribution in [0.4, 0.5) is 0 Å². The van der Waals surface area contributed by atoms with Crippen LogP contribution in [0, 0.1) is 29.6 Å². The molecule has 1 aromatic rings. The number of hydrogen-bond acceptors (Lipinski definition) is 0. The van der Waals surface area contributed by atoms with Crippen molar-refractivity contribution < 1.29 is 0 Å². The van der Waals surface area contributed by atoms with Crippen molar-refractivity contribution in [2.75, 3.05) is 0 Å². The van der Waals surface area contributed by atoms with Gasteiger partial charge in [0.1, 0.15) is 0 Å². The zero-order valence-electron chi connectivity index (χ0n) is 18.7. The van der Waals surface area contributed by atoms with Crippen LogP contribution in [0.1, 0.15) is 108 Å². The number of benzene rings is 1. The van der Waals surface area contributed by atoms with Gasteiger partial charge in [-0.3, -0.25) is 0 Å². The van der Waals surface area contributed by atoms with E-state index >= 15 is 0 Å². The first kappa shape index (κ1) is 20.5. The van der Waals surface area contributed by atoms with Crippen LogP contribution in [0.3, 0.4) is 0 Å². The van der Waals surface area contributed by atoms with Crippen molar-refractivity contribution in [3.05, 3.63) is 34.9 Å². The van der Waals surface area contributed by atoms with Crippen LogP contribution in [0.5, 0.6) is 0 Å². The Balaban J connectivity index is 1.27. The summed E-state index contributed by atoms with van der Waals surface area (Å²) >= 11 is 0. The Hall–Kier alpha value is -0.780. The standard InChI is InChI=1S/C28H44/c1-3-5-6-7-8-22-10-12-26-20-28(16-14-24(26)18-22)27-15-13-23-17-21(4-2)9-11-25(23)19-27/h9,11,17,22,24,26-28H,3-8,10,12-16,18-20H2,1-2H3/t22-,24?,26-,27?,28?/m1/s1. The van der Waals surface area contributed by atoms with E-state index in [1.807, 2.05) is 0 Å². The van der Waals surface area contributed by atoms with Gasteiger partial charge in [0.15, 0.2) is 0 Å². The van der Waals surface area contributed by atoms with E-state index in [4.69, 9.17) is 0 Å². The van der Waals surface area contributed by atoms with Crippen molar-refractivity contribution in [2.45, 2.75) is 110 Å². The fraction of sp³-hybridized carbons (Fsp3) is 0.786. The monoisotopic (exact) mass is 380 g/mol. The second-order valence-electron chi connectivity index (χ2n) is 10.6. The maximum absolute atomic E-state index is 2.50. The molecule has 28 heavy (non-hydrogen) atoms. The van der Waals surface area contributed by atoms with Gasteiger partial charge >= 0.3 is 0 Å². The van der Waals surface area contributed by atoms with Crippen LogP contribution in [-0.2, 0) is 19.3 Å². The summed E-state index contributed by atoms with van der Waals surface area (Å²) in [7, 11) is 0. The Morgan fingerprint density at radius 1 is 0.750 bits per heavy atom. The van der Waals surface area contributed by atoms with Crippen LogP contribution in [0.2, 0.25) is 0 Å². The molecule has 2 saturated carbocycles. The van der Waals surface area contributed by atoms with Gasteiger partial charge in [0, 0.05) is 0 Å². The van der Waals surface area contributed by atoms with Gasteiger partial charge in [-0.05, 0) is 104 Å². The van der Waals surface area contributed by atoms with Gasteiger partial charge in [-0.1, -0.05) is 70.6 Å². The number of hydrogen-bond donors (Lipinski definition) is 0. The van der Waals surface area contributed by atoms with Crippen molar-refractivity contribution in [2.24, 2.45) is 29.6 Å². The summed E-state index contributed by atoms with van der Waals surface area (Å²) in [4.78, 5) is 0. The highest BCUT2D eigenvalue weighted by Crippen LogP contribution is 2.49. The molecular weight excluding hydrogens is 336 g/mol. The molecule has 0 amide bonds. The van der Waals surface area contributed by atoms with Gasteiger partial charge in [-0.25, -0.2) is 0 Å². The molecule has 156 valence electrons. The second kappa shape index (κ2) is 9.82. The maximum Gasteiger partial charge on any atom is -0.0245 e. The molecule has 0 bridgehead atoms. The average Bonchev–Trinajstić information content (AvgIpc) is 2.75. The summed E-state index contributed by atoms with van der Waals surface area (Å²) in [6, 6.07) is 7.36. The Morgan fingerprint density at radius 3 is 2.36 bits per heavy atom. The summed E-state index contributed by atoms with van der Waals surface area (Å²) < 4.78 is 0. The fourth-order valence-corrected chi connectivity index (χ4v) is 7.03. The smallest absolute Gasteiger partial charge is 0.0245 e. The lowest BCUT2D eigenvalue weighted by molar-refractivity contribution is 0.0690. The first-order valence-corrected chi connectivity index (χ1v) is 12.9. The molecule has 0 heterocycles. The van der Waals surface area contributed by atoms with Crippen molar-refractivity contribution in [3.63, 3.8) is 0 Å². The van der Waals surface area contributed by atoms with Gasteiger partial charge in [0.05, 0.1) is 0 Å². The predicted molar refractivity (Wildman–Crippen MR) is 122 cm³/mol. The third kappa shape index (κ3) is 4.85. The molecule has 1 aromatic carbocycles. The molecular formula is C28H44. The Labute approximate surface area is 174 Å². The molecule has 3 unspecified atom stereocenters. The van der Waals surface area contributed by atoms with E-state index < -0.39 is 0 Å². The summed E-state index contributed by atoms with van der Waals surface area (Å²) in [5, 5.41) is 0. The third-order valence-electron chi connectivity index (χ3n) is 8.84. The SMILES string of the molecule is CCCCCC[C@@H]1CC[C@@H]2CC(C3CCc4cc(CC)ccc4C3)CCC2C1. The fourth-order valence-electron chi connectivity index (χ4n) is 7.03. The topological polar surface area (TPSA) is 0 Å². The lowest BCUT2D eigenvalue weighted by Crippen LogP contribution is -2.35. The van der Waals surface area contributed by atoms with E-state index in [1.165, 1.54) is 69.8 Å². The normalized spacial score (nSPS) is 32.6. The van der Waals surface area contributed by atoms with Gasteiger partial charge in [0.2, 0.25) is 0 Å². The molecule has 4 rings (SSSR count). The van der Waals surface area contributed by atoms with E-state index in [1.54, 1.807) is 43.2 Å². The molecule has 5 atom stereocenters. The summed E-state index contributed by atoms with van der Waals surface area (Å²) in [5.74, 6) is 5.25. The number of fused-ring (bicyclic) bond motifs is 2. The van der Waals surface area contributed by atoms with Crippen LogP contribution in [-0.4, -0.2) is 0 Å². The van der Waals surface area contributed by atoms with Crippen LogP contribution >= 0.6 is 0 Å². The van der Waals surface area contributed by atoms with Crippen molar-refractivity contribution in [1.82, 2.24) is 0 Å². The van der Waals surface area contributed by atoms with Gasteiger partial charge in [0.25, 0.3) is 0 Å². The van der Waals surface area contributed by atoms with Crippen molar-refractivity contribution in [1.29, 1.82) is 0 Å². The first-order chi connectivity index (χ1) is 13.8. The minimum Gasteiger partial charge on any atom is -0.0654 e. The Bertz CT molecular complexity index is 614. The summed E-state index contributed by atoms with van der Waals surface area (Å²) in [5.41, 5.74) is 4.89. The van der Waals surface area contributed by atoms with E-state index in [0.29, 0.717) is 0 Å². The molecule has 0 spiro atoms. The van der Waals surface area contributed by atoms with Gasteiger partial charge in [-0.2, -0.15) is 0 Å². The highest BCUT2D eigenvalue weighted by Gasteiger charge is 2.38. The number of rotatable bonds is 7. The Morgan fingerprint density at radius 2 is 1.54 bits per heavy atom. The third-order valence-corrected chi connectivity index (χ3v) is 8.84. The maximum atomic E-state index is 2.50. The number of unbranched alkanes of at least 4 members (excludes halogenated alkanes) is 3. The lowest BCUT2D eigenvalue weighted by atomic mass is 9.61. The summed E-state index contributed by atoms with van der Waals surface area (Å²) in [6.07, 6.45) is 22.1. The highest BCUT2D eigenvalue weighted by atomic mass is 14.4. The molecule has 0 aromatic heterocycles. The van der Waals surface area contributed by atoms with E-state index in [-0.39, 0.29) is 0 Å². The zero-order chi connectivity index (χ0) is 19.3. The molecule has 3 aliphatic carbocycles. The van der Waals surface area contributed by atoms with Crippen LogP contribution < -0.4 is 0 Å². The Kier molecular flexibility index (Phi) is 7.18. The van der Waals surface area contributed by atoms with Crippen LogP contribution in [0.25, 0.3) is 0 Å². The van der Waals surface area contributed by atoms with Gasteiger partial charge in [-0.15, -0.1) is 0 Å². The van der Waals surface area contributed by atoms with Crippen molar-refractivity contribution >= 4 is 0 Å². The minimum atomic E-state index is 0.979. The average molecular weight is 381 g/mol. The lowest BCUT2D eigenvalue weighted by Gasteiger charge is -2.45. The molecule has 2 fully saturated rings. The van der Waals surface area contributed by atoms with E-state index in [9.17, 15) is 0 Å². The van der Waals surface area contributed by atoms with Crippen LogP contribution in [0.15, 0.2) is 18.2 Å². The van der Waals surface area contributed by atoms with E-state index in [2.05, 4.69) is 32.0 Å². The molecule has 0 aliphatic heterocycles. The zero-order valence-corrected chi connectivity index (χ0v) is 18.7. The summed E-state index contributed by atoms with van der Waals surface area (Å²) in [6.45, 7) is 4.61. The molecule has 0 heteroatoms. The molecule has 0 N–H and O–H groups in total. The molecule has 0 nitrogen and oxygen atoms in total. The highest BCUT2D eigenvalue weighted by molar-refractivity contribution is 5.34. The quantitative estimate of drug-likeness (QED) is 0.418. The molecule has 0 saturated heterocycles. The van der Waals surface area contributed by atoms with E-state index in [0.717, 1.165) is 29.6 Å². The number of aryl methyl sites for hydroxylation is 2. The predicted octanol–water partition coefficient (Wildman–Crippen LogP) is 8.16.